The lowest BCUT2D eigenvalue weighted by molar-refractivity contribution is -0.141. The fourth-order valence-electron chi connectivity index (χ4n) is 2.34. The number of piperidine rings is 1. The Hall–Kier alpha value is -2.05. The molecule has 1 unspecified atom stereocenters. The summed E-state index contributed by atoms with van der Waals surface area (Å²) in [7, 11) is 0. The van der Waals surface area contributed by atoms with Gasteiger partial charge in [0.25, 0.3) is 11.8 Å². The third-order valence-corrected chi connectivity index (χ3v) is 3.28. The van der Waals surface area contributed by atoms with Crippen LogP contribution in [-0.4, -0.2) is 46.7 Å². The van der Waals surface area contributed by atoms with Crippen molar-refractivity contribution in [1.29, 1.82) is 0 Å². The molecule has 7 nitrogen and oxygen atoms in total. The summed E-state index contributed by atoms with van der Waals surface area (Å²) in [6, 6.07) is 1.61. The summed E-state index contributed by atoms with van der Waals surface area (Å²) in [6.45, 7) is 2.76. The molecule has 0 aliphatic carbocycles. The number of carbonyl (C=O) groups is 2. The van der Waals surface area contributed by atoms with Crippen molar-refractivity contribution in [3.8, 4) is 5.88 Å². The molecule has 2 rings (SSSR count). The molecule has 1 aromatic rings. The lowest BCUT2D eigenvalue weighted by atomic mass is 9.95. The Morgan fingerprint density at radius 1 is 1.60 bits per heavy atom. The standard InChI is InChI=1S/C13H18N2O5/c1-9-5-11(14-20-9)19-8-12(16)15-4-2-3-10(7-15)6-13(17)18/h5,10H,2-4,6-8H2,1H3,(H,17,18). The summed E-state index contributed by atoms with van der Waals surface area (Å²) in [5.74, 6) is -0.0410. The predicted octanol–water partition coefficient (Wildman–Crippen LogP) is 1.08. The van der Waals surface area contributed by atoms with Crippen molar-refractivity contribution in [3.05, 3.63) is 11.8 Å². The Balaban J connectivity index is 1.81. The minimum absolute atomic E-state index is 0.0273. The maximum absolute atomic E-state index is 12.0. The lowest BCUT2D eigenvalue weighted by Crippen LogP contribution is -2.42. The average Bonchev–Trinajstić information content (AvgIpc) is 2.81. The van der Waals surface area contributed by atoms with Gasteiger partial charge in [0.15, 0.2) is 6.61 Å². The topological polar surface area (TPSA) is 92.9 Å². The molecule has 1 aliphatic rings. The van der Waals surface area contributed by atoms with E-state index in [0.717, 1.165) is 12.8 Å². The lowest BCUT2D eigenvalue weighted by Gasteiger charge is -2.31. The van der Waals surface area contributed by atoms with E-state index < -0.39 is 5.97 Å². The van der Waals surface area contributed by atoms with Gasteiger partial charge in [-0.05, 0) is 30.8 Å². The first-order chi connectivity index (χ1) is 9.54. The average molecular weight is 282 g/mol. The first-order valence-corrected chi connectivity index (χ1v) is 6.60. The van der Waals surface area contributed by atoms with E-state index in [2.05, 4.69) is 5.16 Å². The smallest absolute Gasteiger partial charge is 0.303 e. The molecule has 0 bridgehead atoms. The summed E-state index contributed by atoms with van der Waals surface area (Å²) in [5, 5.41) is 12.4. The van der Waals surface area contributed by atoms with Crippen LogP contribution in [0.1, 0.15) is 25.0 Å². The second-order valence-corrected chi connectivity index (χ2v) is 5.01. The first-order valence-electron chi connectivity index (χ1n) is 6.60. The van der Waals surface area contributed by atoms with Crippen LogP contribution in [0.5, 0.6) is 5.88 Å². The van der Waals surface area contributed by atoms with Crippen LogP contribution in [0.25, 0.3) is 0 Å². The minimum atomic E-state index is -0.821. The molecule has 1 N–H and O–H groups in total. The molecule has 20 heavy (non-hydrogen) atoms. The van der Waals surface area contributed by atoms with E-state index in [1.165, 1.54) is 0 Å². The highest BCUT2D eigenvalue weighted by Gasteiger charge is 2.25. The number of carboxylic acids is 1. The number of aliphatic carboxylic acids is 1. The molecular weight excluding hydrogens is 264 g/mol. The predicted molar refractivity (Wildman–Crippen MR) is 68.3 cm³/mol. The fourth-order valence-corrected chi connectivity index (χ4v) is 2.34. The summed E-state index contributed by atoms with van der Waals surface area (Å²) in [4.78, 5) is 24.4. The molecule has 1 aliphatic heterocycles. The summed E-state index contributed by atoms with van der Waals surface area (Å²) >= 11 is 0. The second-order valence-electron chi connectivity index (χ2n) is 5.01. The Labute approximate surface area is 116 Å². The van der Waals surface area contributed by atoms with Gasteiger partial charge in [-0.2, -0.15) is 0 Å². The van der Waals surface area contributed by atoms with Gasteiger partial charge in [-0.1, -0.05) is 0 Å². The van der Waals surface area contributed by atoms with Crippen LogP contribution in [0.2, 0.25) is 0 Å². The molecule has 110 valence electrons. The molecule has 1 fully saturated rings. The van der Waals surface area contributed by atoms with Gasteiger partial charge in [0.2, 0.25) is 0 Å². The van der Waals surface area contributed by atoms with Crippen LogP contribution in [-0.2, 0) is 9.59 Å². The van der Waals surface area contributed by atoms with Crippen LogP contribution in [0, 0.1) is 12.8 Å². The molecule has 0 spiro atoms. The normalized spacial score (nSPS) is 18.9. The number of nitrogens with zero attached hydrogens (tertiary/aromatic N) is 2. The van der Waals surface area contributed by atoms with Crippen molar-refractivity contribution in [2.75, 3.05) is 19.7 Å². The van der Waals surface area contributed by atoms with Gasteiger partial charge in [0.05, 0.1) is 0 Å². The van der Waals surface area contributed by atoms with Crippen molar-refractivity contribution >= 4 is 11.9 Å². The van der Waals surface area contributed by atoms with Crippen molar-refractivity contribution in [2.24, 2.45) is 5.92 Å². The van der Waals surface area contributed by atoms with E-state index in [9.17, 15) is 9.59 Å². The zero-order chi connectivity index (χ0) is 14.5. The monoisotopic (exact) mass is 282 g/mol. The number of hydrogen-bond donors (Lipinski definition) is 1. The maximum atomic E-state index is 12.0. The second kappa shape index (κ2) is 6.40. The zero-order valence-electron chi connectivity index (χ0n) is 11.4. The number of rotatable bonds is 5. The van der Waals surface area contributed by atoms with Gasteiger partial charge >= 0.3 is 5.97 Å². The minimum Gasteiger partial charge on any atom is -0.481 e. The number of hydrogen-bond acceptors (Lipinski definition) is 5. The van der Waals surface area contributed by atoms with E-state index in [4.69, 9.17) is 14.4 Å². The molecular formula is C13H18N2O5. The van der Waals surface area contributed by atoms with Gasteiger partial charge < -0.3 is 19.3 Å². The Morgan fingerprint density at radius 2 is 2.40 bits per heavy atom. The van der Waals surface area contributed by atoms with Gasteiger partial charge in [0, 0.05) is 25.6 Å². The number of carboxylic acid groups (broad SMARTS) is 1. The van der Waals surface area contributed by atoms with E-state index in [1.807, 2.05) is 0 Å². The fraction of sp³-hybridized carbons (Fsp3) is 0.615. The van der Waals surface area contributed by atoms with Crippen molar-refractivity contribution in [1.82, 2.24) is 10.1 Å². The van der Waals surface area contributed by atoms with Gasteiger partial charge in [-0.25, -0.2) is 0 Å². The van der Waals surface area contributed by atoms with Gasteiger partial charge in [0.1, 0.15) is 5.76 Å². The Bertz CT molecular complexity index is 485. The quantitative estimate of drug-likeness (QED) is 0.868. The highest BCUT2D eigenvalue weighted by molar-refractivity contribution is 5.78. The Kier molecular flexibility index (Phi) is 4.60. The SMILES string of the molecule is Cc1cc(OCC(=O)N2CCCC(CC(=O)O)C2)no1. The van der Waals surface area contributed by atoms with Gasteiger partial charge in [-0.3, -0.25) is 9.59 Å². The summed E-state index contributed by atoms with van der Waals surface area (Å²) < 4.78 is 10.1. The highest BCUT2D eigenvalue weighted by atomic mass is 16.5. The van der Waals surface area contributed by atoms with Crippen molar-refractivity contribution in [3.63, 3.8) is 0 Å². The molecule has 1 atom stereocenters. The molecule has 0 radical (unpaired) electrons. The van der Waals surface area contributed by atoms with E-state index in [-0.39, 0.29) is 30.7 Å². The largest absolute Gasteiger partial charge is 0.481 e. The van der Waals surface area contributed by atoms with Crippen molar-refractivity contribution < 1.29 is 24.0 Å². The molecule has 2 heterocycles. The van der Waals surface area contributed by atoms with Crippen LogP contribution < -0.4 is 4.74 Å². The van der Waals surface area contributed by atoms with Crippen molar-refractivity contribution in [2.45, 2.75) is 26.2 Å². The molecule has 0 saturated carbocycles. The molecule has 0 aromatic carbocycles. The number of likely N-dealkylation sites (tertiary alicyclic amines) is 1. The van der Waals surface area contributed by atoms with Crippen LogP contribution >= 0.6 is 0 Å². The highest BCUT2D eigenvalue weighted by Crippen LogP contribution is 2.20. The summed E-state index contributed by atoms with van der Waals surface area (Å²) in [6.07, 6.45) is 1.78. The van der Waals surface area contributed by atoms with Crippen LogP contribution in [0.4, 0.5) is 0 Å². The van der Waals surface area contributed by atoms with E-state index >= 15 is 0 Å². The number of aromatic nitrogens is 1. The number of amides is 1. The molecule has 7 heteroatoms. The summed E-state index contributed by atoms with van der Waals surface area (Å²) in [5.41, 5.74) is 0. The zero-order valence-corrected chi connectivity index (χ0v) is 11.4. The Morgan fingerprint density at radius 3 is 3.05 bits per heavy atom. The van der Waals surface area contributed by atoms with E-state index in [0.29, 0.717) is 18.8 Å². The molecule has 1 aromatic heterocycles. The number of aryl methyl sites for hydroxylation is 1. The molecule has 1 amide bonds. The first kappa shape index (κ1) is 14.4. The van der Waals surface area contributed by atoms with Crippen LogP contribution in [0.3, 0.4) is 0 Å². The number of ether oxygens (including phenoxy) is 1. The number of carbonyl (C=O) groups excluding carboxylic acids is 1. The third-order valence-electron chi connectivity index (χ3n) is 3.28. The van der Waals surface area contributed by atoms with Crippen LogP contribution in [0.15, 0.2) is 10.6 Å². The maximum Gasteiger partial charge on any atom is 0.303 e. The van der Waals surface area contributed by atoms with Gasteiger partial charge in [-0.15, -0.1) is 0 Å². The van der Waals surface area contributed by atoms with E-state index in [1.54, 1.807) is 17.9 Å². The molecule has 1 saturated heterocycles. The third kappa shape index (κ3) is 3.97.